The maximum Gasteiger partial charge on any atom is 0.315 e. The van der Waals surface area contributed by atoms with Crippen molar-refractivity contribution in [3.8, 4) is 0 Å². The molecule has 2 aliphatic carbocycles. The van der Waals surface area contributed by atoms with Gasteiger partial charge in [-0.15, -0.1) is 0 Å². The predicted molar refractivity (Wildman–Crippen MR) is 80.0 cm³/mol. The first-order chi connectivity index (χ1) is 9.61. The summed E-state index contributed by atoms with van der Waals surface area (Å²) >= 11 is 1.80. The average Bonchev–Trinajstić information content (AvgIpc) is 2.86. The molecule has 0 heterocycles. The third kappa shape index (κ3) is 3.81. The van der Waals surface area contributed by atoms with E-state index in [2.05, 4.69) is 16.9 Å². The monoisotopic (exact) mass is 300 g/mol. The number of carboxylic acid groups (broad SMARTS) is 1. The van der Waals surface area contributed by atoms with Gasteiger partial charge in [0.05, 0.1) is 5.92 Å². The highest BCUT2D eigenvalue weighted by Gasteiger charge is 2.33. The molecule has 0 aromatic carbocycles. The van der Waals surface area contributed by atoms with Crippen LogP contribution in [-0.2, 0) is 4.79 Å². The highest BCUT2D eigenvalue weighted by Crippen LogP contribution is 2.28. The van der Waals surface area contributed by atoms with Crippen molar-refractivity contribution in [2.45, 2.75) is 62.3 Å². The normalized spacial score (nSPS) is 33.6. The Morgan fingerprint density at radius 2 is 1.65 bits per heavy atom. The van der Waals surface area contributed by atoms with Gasteiger partial charge in [0.15, 0.2) is 0 Å². The third-order valence-electron chi connectivity index (χ3n) is 4.47. The molecule has 0 spiro atoms. The molecule has 0 aromatic rings. The summed E-state index contributed by atoms with van der Waals surface area (Å²) in [4.78, 5) is 23.3. The van der Waals surface area contributed by atoms with Crippen LogP contribution in [0.2, 0.25) is 0 Å². The molecule has 2 saturated carbocycles. The van der Waals surface area contributed by atoms with Crippen molar-refractivity contribution in [1.29, 1.82) is 0 Å². The summed E-state index contributed by atoms with van der Waals surface area (Å²) < 4.78 is 0. The second kappa shape index (κ2) is 7.20. The van der Waals surface area contributed by atoms with E-state index < -0.39 is 11.9 Å². The third-order valence-corrected chi connectivity index (χ3v) is 5.64. The van der Waals surface area contributed by atoms with Gasteiger partial charge in [0, 0.05) is 17.3 Å². The van der Waals surface area contributed by atoms with E-state index in [1.165, 1.54) is 0 Å². The fraction of sp³-hybridized carbons (Fsp3) is 0.857. The molecule has 20 heavy (non-hydrogen) atoms. The Hall–Kier alpha value is -0.910. The van der Waals surface area contributed by atoms with Crippen LogP contribution in [0.25, 0.3) is 0 Å². The van der Waals surface area contributed by atoms with Crippen LogP contribution in [0.1, 0.15) is 44.9 Å². The second-order valence-electron chi connectivity index (χ2n) is 5.77. The Morgan fingerprint density at radius 3 is 2.35 bits per heavy atom. The molecule has 4 atom stereocenters. The van der Waals surface area contributed by atoms with Gasteiger partial charge in [0.25, 0.3) is 0 Å². The molecular weight excluding hydrogens is 276 g/mol. The van der Waals surface area contributed by atoms with Gasteiger partial charge < -0.3 is 15.7 Å². The minimum atomic E-state index is -0.794. The average molecular weight is 300 g/mol. The van der Waals surface area contributed by atoms with E-state index >= 15 is 0 Å². The van der Waals surface area contributed by atoms with Gasteiger partial charge in [-0.25, -0.2) is 4.79 Å². The van der Waals surface area contributed by atoms with E-state index in [0.717, 1.165) is 38.5 Å². The molecule has 2 fully saturated rings. The van der Waals surface area contributed by atoms with Crippen LogP contribution >= 0.6 is 11.8 Å². The van der Waals surface area contributed by atoms with E-state index in [9.17, 15) is 14.7 Å². The Morgan fingerprint density at radius 1 is 1.00 bits per heavy atom. The number of carbonyl (C=O) groups excluding carboxylic acids is 1. The molecule has 0 bridgehead atoms. The zero-order valence-electron chi connectivity index (χ0n) is 11.9. The van der Waals surface area contributed by atoms with E-state index in [-0.39, 0.29) is 18.1 Å². The fourth-order valence-corrected chi connectivity index (χ4v) is 4.29. The van der Waals surface area contributed by atoms with Gasteiger partial charge in [-0.3, -0.25) is 4.79 Å². The smallest absolute Gasteiger partial charge is 0.315 e. The molecule has 0 saturated heterocycles. The molecule has 5 nitrogen and oxygen atoms in total. The highest BCUT2D eigenvalue weighted by atomic mass is 32.2. The molecule has 6 heteroatoms. The van der Waals surface area contributed by atoms with Gasteiger partial charge in [-0.05, 0) is 31.9 Å². The number of aliphatic carboxylic acids is 1. The summed E-state index contributed by atoms with van der Waals surface area (Å²) in [5, 5.41) is 15.6. The van der Waals surface area contributed by atoms with Gasteiger partial charge >= 0.3 is 12.0 Å². The summed E-state index contributed by atoms with van der Waals surface area (Å²) in [6.45, 7) is 0. The number of amides is 2. The standard InChI is InChI=1S/C14H24N2O3S/c1-20-12-8-4-7-11(12)16-14(19)15-10-6-3-2-5-9(10)13(17)18/h9-12H,2-8H2,1H3,(H,17,18)(H2,15,16,19). The second-order valence-corrected chi connectivity index (χ2v) is 6.84. The Kier molecular flexibility index (Phi) is 5.57. The SMILES string of the molecule is CSC1CCCC1NC(=O)NC1CCCCC1C(=O)O. The van der Waals surface area contributed by atoms with Gasteiger partial charge in [0.2, 0.25) is 0 Å². The summed E-state index contributed by atoms with van der Waals surface area (Å²) in [6, 6.07) is -0.207. The van der Waals surface area contributed by atoms with Crippen molar-refractivity contribution in [1.82, 2.24) is 10.6 Å². The maximum atomic E-state index is 12.1. The van der Waals surface area contributed by atoms with Crippen LogP contribution in [0.4, 0.5) is 4.79 Å². The topological polar surface area (TPSA) is 78.4 Å². The van der Waals surface area contributed by atoms with Crippen molar-refractivity contribution in [2.24, 2.45) is 5.92 Å². The molecule has 2 amide bonds. The van der Waals surface area contributed by atoms with E-state index in [0.29, 0.717) is 11.7 Å². The first-order valence-corrected chi connectivity index (χ1v) is 8.73. The molecule has 0 radical (unpaired) electrons. The van der Waals surface area contributed by atoms with E-state index in [1.54, 1.807) is 11.8 Å². The Balaban J connectivity index is 1.85. The van der Waals surface area contributed by atoms with Crippen LogP contribution in [0, 0.1) is 5.92 Å². The zero-order chi connectivity index (χ0) is 14.5. The Labute approximate surface area is 124 Å². The number of carbonyl (C=O) groups is 2. The molecule has 0 aromatic heterocycles. The van der Waals surface area contributed by atoms with Crippen molar-refractivity contribution < 1.29 is 14.7 Å². The zero-order valence-corrected chi connectivity index (χ0v) is 12.7. The predicted octanol–water partition coefficient (Wildman–Crippen LogP) is 2.21. The van der Waals surface area contributed by atoms with Crippen LogP contribution in [0.5, 0.6) is 0 Å². The molecule has 2 aliphatic rings. The van der Waals surface area contributed by atoms with Crippen LogP contribution in [-0.4, -0.2) is 40.7 Å². The number of rotatable bonds is 4. The number of hydrogen-bond acceptors (Lipinski definition) is 3. The summed E-state index contributed by atoms with van der Waals surface area (Å²) in [5.41, 5.74) is 0. The molecule has 114 valence electrons. The number of hydrogen-bond donors (Lipinski definition) is 3. The highest BCUT2D eigenvalue weighted by molar-refractivity contribution is 7.99. The number of nitrogens with one attached hydrogen (secondary N) is 2. The van der Waals surface area contributed by atoms with Gasteiger partial charge in [-0.1, -0.05) is 19.3 Å². The first-order valence-electron chi connectivity index (χ1n) is 7.44. The number of carboxylic acids is 1. The molecule has 0 aliphatic heterocycles. The number of urea groups is 1. The lowest BCUT2D eigenvalue weighted by molar-refractivity contribution is -0.143. The molecule has 4 unspecified atom stereocenters. The summed E-state index contributed by atoms with van der Waals surface area (Å²) in [7, 11) is 0. The minimum absolute atomic E-state index is 0.200. The van der Waals surface area contributed by atoms with E-state index in [1.807, 2.05) is 0 Å². The quantitative estimate of drug-likeness (QED) is 0.744. The first kappa shape index (κ1) is 15.5. The number of thioether (sulfide) groups is 1. The summed E-state index contributed by atoms with van der Waals surface area (Å²) in [6.07, 6.45) is 8.75. The van der Waals surface area contributed by atoms with Crippen molar-refractivity contribution >= 4 is 23.8 Å². The Bertz CT molecular complexity index is 364. The summed E-state index contributed by atoms with van der Waals surface area (Å²) in [5.74, 6) is -1.23. The lowest BCUT2D eigenvalue weighted by Crippen LogP contribution is -2.52. The lowest BCUT2D eigenvalue weighted by Gasteiger charge is -2.30. The van der Waals surface area contributed by atoms with Crippen LogP contribution in [0.15, 0.2) is 0 Å². The van der Waals surface area contributed by atoms with Crippen molar-refractivity contribution in [3.63, 3.8) is 0 Å². The lowest BCUT2D eigenvalue weighted by atomic mass is 9.84. The van der Waals surface area contributed by atoms with Crippen LogP contribution < -0.4 is 10.6 Å². The fourth-order valence-electron chi connectivity index (χ4n) is 3.35. The van der Waals surface area contributed by atoms with Crippen molar-refractivity contribution in [2.75, 3.05) is 6.26 Å². The maximum absolute atomic E-state index is 12.1. The van der Waals surface area contributed by atoms with E-state index in [4.69, 9.17) is 0 Å². The minimum Gasteiger partial charge on any atom is -0.481 e. The van der Waals surface area contributed by atoms with Gasteiger partial charge in [-0.2, -0.15) is 11.8 Å². The van der Waals surface area contributed by atoms with Gasteiger partial charge in [0.1, 0.15) is 0 Å². The van der Waals surface area contributed by atoms with Crippen LogP contribution in [0.3, 0.4) is 0 Å². The molecule has 2 rings (SSSR count). The molecular formula is C14H24N2O3S. The van der Waals surface area contributed by atoms with Crippen molar-refractivity contribution in [3.05, 3.63) is 0 Å². The largest absolute Gasteiger partial charge is 0.481 e. The molecule has 3 N–H and O–H groups in total.